The van der Waals surface area contributed by atoms with E-state index >= 15 is 0 Å². The average molecular weight is 227 g/mol. The fraction of sp³-hybridized carbons (Fsp3) is 1.00. The molecule has 3 N–H and O–H groups in total. The first kappa shape index (κ1) is 14.0. The molecule has 0 aromatic carbocycles. The average Bonchev–Trinajstić information content (AvgIpc) is 2.28. The zero-order valence-electron chi connectivity index (χ0n) is 11.2. The molecule has 0 spiro atoms. The lowest BCUT2D eigenvalue weighted by Crippen LogP contribution is -2.50. The lowest BCUT2D eigenvalue weighted by molar-refractivity contribution is 0.00602. The fourth-order valence-electron chi connectivity index (χ4n) is 3.86. The van der Waals surface area contributed by atoms with Crippen molar-refractivity contribution >= 4 is 0 Å². The molecule has 0 aliphatic heterocycles. The molecule has 2 nitrogen and oxygen atoms in total. The molecule has 0 saturated heterocycles. The number of aliphatic hydroxyl groups excluding tert-OH is 1. The van der Waals surface area contributed by atoms with Crippen LogP contribution in [0.3, 0.4) is 0 Å². The van der Waals surface area contributed by atoms with Crippen molar-refractivity contribution in [3.63, 3.8) is 0 Å². The molecular formula is C14H29NO. The number of hydrogen-bond donors (Lipinski definition) is 2. The van der Waals surface area contributed by atoms with Crippen molar-refractivity contribution in [1.29, 1.82) is 0 Å². The van der Waals surface area contributed by atoms with Crippen molar-refractivity contribution in [3.05, 3.63) is 0 Å². The van der Waals surface area contributed by atoms with Crippen LogP contribution in [-0.2, 0) is 0 Å². The summed E-state index contributed by atoms with van der Waals surface area (Å²) < 4.78 is 0. The highest BCUT2D eigenvalue weighted by atomic mass is 16.3. The van der Waals surface area contributed by atoms with Crippen molar-refractivity contribution in [2.45, 2.75) is 65.3 Å². The van der Waals surface area contributed by atoms with Crippen LogP contribution in [0, 0.1) is 17.3 Å². The second-order valence-corrected chi connectivity index (χ2v) is 5.82. The summed E-state index contributed by atoms with van der Waals surface area (Å²) in [4.78, 5) is 0. The van der Waals surface area contributed by atoms with Crippen molar-refractivity contribution < 1.29 is 5.11 Å². The Morgan fingerprint density at radius 1 is 1.38 bits per heavy atom. The van der Waals surface area contributed by atoms with Gasteiger partial charge in [0.25, 0.3) is 0 Å². The molecule has 1 saturated carbocycles. The molecule has 1 fully saturated rings. The zero-order valence-corrected chi connectivity index (χ0v) is 11.2. The first-order valence-electron chi connectivity index (χ1n) is 6.95. The molecule has 3 unspecified atom stereocenters. The summed E-state index contributed by atoms with van der Waals surface area (Å²) >= 11 is 0. The van der Waals surface area contributed by atoms with Gasteiger partial charge in [0.1, 0.15) is 0 Å². The van der Waals surface area contributed by atoms with Gasteiger partial charge in [-0.2, -0.15) is 0 Å². The molecule has 1 aliphatic carbocycles. The molecule has 3 atom stereocenters. The molecule has 0 aromatic heterocycles. The van der Waals surface area contributed by atoms with Gasteiger partial charge in [-0.05, 0) is 42.9 Å². The van der Waals surface area contributed by atoms with Crippen LogP contribution >= 0.6 is 0 Å². The second-order valence-electron chi connectivity index (χ2n) is 5.82. The summed E-state index contributed by atoms with van der Waals surface area (Å²) in [5.74, 6) is 1.38. The highest BCUT2D eigenvalue weighted by Gasteiger charge is 2.44. The molecule has 16 heavy (non-hydrogen) atoms. The SMILES string of the molecule is CCC(N)C1(CCO)CCCCC1C(C)C. The van der Waals surface area contributed by atoms with E-state index in [1.807, 2.05) is 0 Å². The summed E-state index contributed by atoms with van der Waals surface area (Å²) in [5.41, 5.74) is 6.59. The zero-order chi connectivity index (χ0) is 12.2. The summed E-state index contributed by atoms with van der Waals surface area (Å²) in [6, 6.07) is 0.257. The van der Waals surface area contributed by atoms with Gasteiger partial charge in [0.05, 0.1) is 0 Å². The van der Waals surface area contributed by atoms with Crippen LogP contribution in [0.15, 0.2) is 0 Å². The van der Waals surface area contributed by atoms with Gasteiger partial charge < -0.3 is 10.8 Å². The third kappa shape index (κ3) is 2.60. The minimum Gasteiger partial charge on any atom is -0.396 e. The Morgan fingerprint density at radius 3 is 2.56 bits per heavy atom. The summed E-state index contributed by atoms with van der Waals surface area (Å²) in [6.07, 6.45) is 7.06. The van der Waals surface area contributed by atoms with Gasteiger partial charge in [-0.1, -0.05) is 33.6 Å². The number of nitrogens with two attached hydrogens (primary N) is 1. The van der Waals surface area contributed by atoms with Gasteiger partial charge in [-0.15, -0.1) is 0 Å². The lowest BCUT2D eigenvalue weighted by Gasteiger charge is -2.50. The molecule has 0 amide bonds. The molecule has 0 aromatic rings. The first-order chi connectivity index (χ1) is 7.58. The molecular weight excluding hydrogens is 198 g/mol. The fourth-order valence-corrected chi connectivity index (χ4v) is 3.86. The maximum atomic E-state index is 9.37. The van der Waals surface area contributed by atoms with Gasteiger partial charge in [0, 0.05) is 12.6 Å². The van der Waals surface area contributed by atoms with Gasteiger partial charge in [-0.3, -0.25) is 0 Å². The largest absolute Gasteiger partial charge is 0.396 e. The smallest absolute Gasteiger partial charge is 0.0437 e. The van der Waals surface area contributed by atoms with Gasteiger partial charge in [0.15, 0.2) is 0 Å². The second kappa shape index (κ2) is 6.02. The minimum atomic E-state index is 0.204. The number of aliphatic hydroxyl groups is 1. The van der Waals surface area contributed by atoms with E-state index in [4.69, 9.17) is 5.73 Å². The molecule has 0 bridgehead atoms. The normalized spacial score (nSPS) is 33.0. The topological polar surface area (TPSA) is 46.2 Å². The quantitative estimate of drug-likeness (QED) is 0.758. The standard InChI is InChI=1S/C14H29NO/c1-4-13(15)14(9-10-16)8-6-5-7-12(14)11(2)3/h11-13,16H,4-10,15H2,1-3H3. The number of rotatable bonds is 5. The molecule has 0 radical (unpaired) electrons. The predicted octanol–water partition coefficient (Wildman–Crippen LogP) is 2.94. The Labute approximate surface area is 101 Å². The van der Waals surface area contributed by atoms with Crippen LogP contribution in [-0.4, -0.2) is 17.8 Å². The van der Waals surface area contributed by atoms with Crippen LogP contribution in [0.2, 0.25) is 0 Å². The van der Waals surface area contributed by atoms with Crippen molar-refractivity contribution in [1.82, 2.24) is 0 Å². The van der Waals surface area contributed by atoms with Crippen LogP contribution in [0.4, 0.5) is 0 Å². The maximum Gasteiger partial charge on any atom is 0.0437 e. The van der Waals surface area contributed by atoms with Crippen LogP contribution < -0.4 is 5.73 Å². The van der Waals surface area contributed by atoms with E-state index in [9.17, 15) is 5.11 Å². The molecule has 96 valence electrons. The van der Waals surface area contributed by atoms with Crippen LogP contribution in [0.5, 0.6) is 0 Å². The van der Waals surface area contributed by atoms with E-state index in [1.54, 1.807) is 0 Å². The van der Waals surface area contributed by atoms with Crippen molar-refractivity contribution in [2.75, 3.05) is 6.61 Å². The van der Waals surface area contributed by atoms with E-state index in [-0.39, 0.29) is 18.1 Å². The molecule has 1 aliphatic rings. The third-order valence-electron chi connectivity index (χ3n) is 4.71. The summed E-state index contributed by atoms with van der Waals surface area (Å²) in [7, 11) is 0. The highest BCUT2D eigenvalue weighted by molar-refractivity contribution is 4.97. The predicted molar refractivity (Wildman–Crippen MR) is 69.2 cm³/mol. The summed E-state index contributed by atoms with van der Waals surface area (Å²) in [6.45, 7) is 7.09. The number of hydrogen-bond acceptors (Lipinski definition) is 2. The molecule has 0 heterocycles. The Morgan fingerprint density at radius 2 is 2.06 bits per heavy atom. The highest BCUT2D eigenvalue weighted by Crippen LogP contribution is 2.49. The molecule has 2 heteroatoms. The third-order valence-corrected chi connectivity index (χ3v) is 4.71. The summed E-state index contributed by atoms with van der Waals surface area (Å²) in [5, 5.41) is 9.37. The molecule has 1 rings (SSSR count). The van der Waals surface area contributed by atoms with Gasteiger partial charge >= 0.3 is 0 Å². The first-order valence-corrected chi connectivity index (χ1v) is 6.95. The van der Waals surface area contributed by atoms with Crippen LogP contribution in [0.25, 0.3) is 0 Å². The van der Waals surface area contributed by atoms with E-state index in [2.05, 4.69) is 20.8 Å². The van der Waals surface area contributed by atoms with E-state index < -0.39 is 0 Å². The van der Waals surface area contributed by atoms with Crippen LogP contribution in [0.1, 0.15) is 59.3 Å². The van der Waals surface area contributed by atoms with E-state index in [0.717, 1.165) is 12.8 Å². The Kier molecular flexibility index (Phi) is 5.26. The van der Waals surface area contributed by atoms with E-state index in [0.29, 0.717) is 11.8 Å². The minimum absolute atomic E-state index is 0.204. The Balaban J connectivity index is 2.92. The Bertz CT molecular complexity index is 201. The van der Waals surface area contributed by atoms with Gasteiger partial charge in [-0.25, -0.2) is 0 Å². The van der Waals surface area contributed by atoms with Crippen molar-refractivity contribution in [2.24, 2.45) is 23.0 Å². The lowest BCUT2D eigenvalue weighted by atomic mass is 9.57. The monoisotopic (exact) mass is 227 g/mol. The van der Waals surface area contributed by atoms with Crippen molar-refractivity contribution in [3.8, 4) is 0 Å². The Hall–Kier alpha value is -0.0800. The van der Waals surface area contributed by atoms with Gasteiger partial charge in [0.2, 0.25) is 0 Å². The maximum absolute atomic E-state index is 9.37. The van der Waals surface area contributed by atoms with E-state index in [1.165, 1.54) is 25.7 Å².